The van der Waals surface area contributed by atoms with Gasteiger partial charge in [0.25, 0.3) is 5.91 Å². The molecule has 0 aromatic heterocycles. The van der Waals surface area contributed by atoms with E-state index in [4.69, 9.17) is 5.73 Å². The van der Waals surface area contributed by atoms with E-state index in [1.165, 1.54) is 12.1 Å². The molecule has 0 saturated heterocycles. The second-order valence-electron chi connectivity index (χ2n) is 6.09. The maximum Gasteiger partial charge on any atom is 0.417 e. The Labute approximate surface area is 149 Å². The van der Waals surface area contributed by atoms with Crippen LogP contribution in [-0.2, 0) is 17.4 Å². The SMILES string of the molecule is Cc1ccc(C[C@H](NC(=O)c2ccccc2C(F)(F)F)C(N)=O)cc1C. The summed E-state index contributed by atoms with van der Waals surface area (Å²) in [7, 11) is 0. The van der Waals surface area contributed by atoms with Crippen LogP contribution in [-0.4, -0.2) is 17.9 Å². The van der Waals surface area contributed by atoms with Crippen molar-refractivity contribution >= 4 is 11.8 Å². The molecule has 0 bridgehead atoms. The third-order valence-electron chi connectivity index (χ3n) is 4.14. The van der Waals surface area contributed by atoms with Crippen molar-refractivity contribution in [2.24, 2.45) is 5.73 Å². The molecule has 2 aromatic carbocycles. The zero-order chi connectivity index (χ0) is 19.5. The number of nitrogens with two attached hydrogens (primary N) is 1. The molecule has 0 spiro atoms. The number of alkyl halides is 3. The van der Waals surface area contributed by atoms with Crippen LogP contribution < -0.4 is 11.1 Å². The molecule has 138 valence electrons. The summed E-state index contributed by atoms with van der Waals surface area (Å²) in [6.45, 7) is 3.83. The van der Waals surface area contributed by atoms with Crippen molar-refractivity contribution in [2.45, 2.75) is 32.5 Å². The van der Waals surface area contributed by atoms with Gasteiger partial charge in [0.1, 0.15) is 6.04 Å². The zero-order valence-electron chi connectivity index (χ0n) is 14.4. The maximum atomic E-state index is 13.1. The number of hydrogen-bond acceptors (Lipinski definition) is 2. The molecule has 7 heteroatoms. The molecule has 0 aliphatic heterocycles. The summed E-state index contributed by atoms with van der Waals surface area (Å²) in [6.07, 6.45) is -4.58. The molecular weight excluding hydrogens is 345 g/mol. The summed E-state index contributed by atoms with van der Waals surface area (Å²) in [6, 6.07) is 8.78. The smallest absolute Gasteiger partial charge is 0.368 e. The zero-order valence-corrected chi connectivity index (χ0v) is 14.4. The average molecular weight is 364 g/mol. The van der Waals surface area contributed by atoms with Crippen molar-refractivity contribution in [1.82, 2.24) is 5.32 Å². The molecular formula is C19H19F3N2O2. The van der Waals surface area contributed by atoms with Gasteiger partial charge in [0.15, 0.2) is 0 Å². The van der Waals surface area contributed by atoms with Crippen LogP contribution in [0.2, 0.25) is 0 Å². The number of hydrogen-bond donors (Lipinski definition) is 2. The van der Waals surface area contributed by atoms with Gasteiger partial charge in [0, 0.05) is 6.42 Å². The van der Waals surface area contributed by atoms with Gasteiger partial charge in [-0.1, -0.05) is 30.3 Å². The Morgan fingerprint density at radius 1 is 1.08 bits per heavy atom. The van der Waals surface area contributed by atoms with Crippen molar-refractivity contribution < 1.29 is 22.8 Å². The van der Waals surface area contributed by atoms with Gasteiger partial charge in [-0.25, -0.2) is 0 Å². The lowest BCUT2D eigenvalue weighted by atomic mass is 10.00. The standard InChI is InChI=1S/C19H19F3N2O2/c1-11-7-8-13(9-12(11)2)10-16(17(23)25)24-18(26)14-5-3-4-6-15(14)19(20,21)22/h3-9,16H,10H2,1-2H3,(H2,23,25)(H,24,26)/t16-/m0/s1. The highest BCUT2D eigenvalue weighted by Gasteiger charge is 2.35. The van der Waals surface area contributed by atoms with Crippen molar-refractivity contribution in [1.29, 1.82) is 0 Å². The molecule has 2 aromatic rings. The summed E-state index contributed by atoms with van der Waals surface area (Å²) in [5.74, 6) is -1.81. The van der Waals surface area contributed by atoms with Gasteiger partial charge in [0.05, 0.1) is 11.1 Å². The maximum absolute atomic E-state index is 13.1. The summed E-state index contributed by atoms with van der Waals surface area (Å²) in [5, 5.41) is 2.31. The number of primary amides is 1. The fourth-order valence-corrected chi connectivity index (χ4v) is 2.55. The van der Waals surface area contributed by atoms with Crippen LogP contribution in [0.1, 0.15) is 32.6 Å². The monoisotopic (exact) mass is 364 g/mol. The average Bonchev–Trinajstić information content (AvgIpc) is 2.56. The third kappa shape index (κ3) is 4.62. The van der Waals surface area contributed by atoms with Gasteiger partial charge < -0.3 is 11.1 Å². The van der Waals surface area contributed by atoms with Gasteiger partial charge in [0.2, 0.25) is 5.91 Å². The minimum atomic E-state index is -4.68. The molecule has 1 atom stereocenters. The Morgan fingerprint density at radius 3 is 2.31 bits per heavy atom. The van der Waals surface area contributed by atoms with E-state index in [-0.39, 0.29) is 6.42 Å². The summed E-state index contributed by atoms with van der Waals surface area (Å²) < 4.78 is 39.2. The van der Waals surface area contributed by atoms with Crippen molar-refractivity contribution in [3.63, 3.8) is 0 Å². The van der Waals surface area contributed by atoms with Crippen LogP contribution in [0.4, 0.5) is 13.2 Å². The molecule has 0 aliphatic carbocycles. The fourth-order valence-electron chi connectivity index (χ4n) is 2.55. The number of aryl methyl sites for hydroxylation is 2. The Bertz CT molecular complexity index is 832. The lowest BCUT2D eigenvalue weighted by Gasteiger charge is -2.18. The first-order valence-electron chi connectivity index (χ1n) is 7.92. The van der Waals surface area contributed by atoms with Crippen LogP contribution in [0.25, 0.3) is 0 Å². The van der Waals surface area contributed by atoms with Gasteiger partial charge in [-0.05, 0) is 42.7 Å². The minimum absolute atomic E-state index is 0.0936. The summed E-state index contributed by atoms with van der Waals surface area (Å²) >= 11 is 0. The quantitative estimate of drug-likeness (QED) is 0.856. The van der Waals surface area contributed by atoms with Crippen molar-refractivity contribution in [2.75, 3.05) is 0 Å². The first-order chi connectivity index (χ1) is 12.1. The van der Waals surface area contributed by atoms with Crippen LogP contribution >= 0.6 is 0 Å². The van der Waals surface area contributed by atoms with E-state index in [1.807, 2.05) is 26.0 Å². The Morgan fingerprint density at radius 2 is 1.73 bits per heavy atom. The largest absolute Gasteiger partial charge is 0.417 e. The van der Waals surface area contributed by atoms with Crippen LogP contribution in [0.15, 0.2) is 42.5 Å². The molecule has 0 saturated carbocycles. The van der Waals surface area contributed by atoms with Gasteiger partial charge in [-0.2, -0.15) is 13.2 Å². The molecule has 4 nitrogen and oxygen atoms in total. The van der Waals surface area contributed by atoms with E-state index in [0.29, 0.717) is 0 Å². The minimum Gasteiger partial charge on any atom is -0.368 e. The normalized spacial score (nSPS) is 12.5. The lowest BCUT2D eigenvalue weighted by molar-refractivity contribution is -0.137. The second-order valence-corrected chi connectivity index (χ2v) is 6.09. The number of nitrogens with one attached hydrogen (secondary N) is 1. The molecule has 2 amide bonds. The van der Waals surface area contributed by atoms with E-state index < -0.39 is 35.2 Å². The van der Waals surface area contributed by atoms with Crippen molar-refractivity contribution in [3.05, 3.63) is 70.3 Å². The van der Waals surface area contributed by atoms with Gasteiger partial charge in [-0.3, -0.25) is 9.59 Å². The summed E-state index contributed by atoms with van der Waals surface area (Å²) in [4.78, 5) is 24.0. The predicted octanol–water partition coefficient (Wildman–Crippen LogP) is 3.15. The molecule has 26 heavy (non-hydrogen) atoms. The topological polar surface area (TPSA) is 72.2 Å². The Hall–Kier alpha value is -2.83. The molecule has 0 radical (unpaired) electrons. The predicted molar refractivity (Wildman–Crippen MR) is 91.5 cm³/mol. The first kappa shape index (κ1) is 19.5. The highest BCUT2D eigenvalue weighted by Crippen LogP contribution is 2.31. The number of benzene rings is 2. The highest BCUT2D eigenvalue weighted by atomic mass is 19.4. The van der Waals surface area contributed by atoms with Crippen LogP contribution in [0, 0.1) is 13.8 Å². The number of carbonyl (C=O) groups excluding carboxylic acids is 2. The summed E-state index contributed by atoms with van der Waals surface area (Å²) in [5.41, 5.74) is 6.53. The van der Waals surface area contributed by atoms with E-state index >= 15 is 0 Å². The van der Waals surface area contributed by atoms with Gasteiger partial charge in [-0.15, -0.1) is 0 Å². The first-order valence-corrected chi connectivity index (χ1v) is 7.92. The van der Waals surface area contributed by atoms with Crippen LogP contribution in [0.5, 0.6) is 0 Å². The highest BCUT2D eigenvalue weighted by molar-refractivity contribution is 5.98. The molecule has 0 aliphatic rings. The lowest BCUT2D eigenvalue weighted by Crippen LogP contribution is -2.46. The number of halogens is 3. The molecule has 3 N–H and O–H groups in total. The number of amides is 2. The van der Waals surface area contributed by atoms with Gasteiger partial charge >= 0.3 is 6.18 Å². The molecule has 0 unspecified atom stereocenters. The fraction of sp³-hybridized carbons (Fsp3) is 0.263. The Balaban J connectivity index is 2.24. The van der Waals surface area contributed by atoms with E-state index in [0.717, 1.165) is 28.8 Å². The van der Waals surface area contributed by atoms with Crippen LogP contribution in [0.3, 0.4) is 0 Å². The second kappa shape index (κ2) is 7.59. The molecule has 2 rings (SSSR count). The molecule has 0 heterocycles. The van der Waals surface area contributed by atoms with E-state index in [2.05, 4.69) is 5.32 Å². The third-order valence-corrected chi connectivity index (χ3v) is 4.14. The number of carbonyl (C=O) groups is 2. The molecule has 0 fully saturated rings. The van der Waals surface area contributed by atoms with E-state index in [1.54, 1.807) is 6.07 Å². The Kier molecular flexibility index (Phi) is 5.69. The van der Waals surface area contributed by atoms with Crippen molar-refractivity contribution in [3.8, 4) is 0 Å². The number of rotatable bonds is 5. The van der Waals surface area contributed by atoms with E-state index in [9.17, 15) is 22.8 Å².